The number of aliphatic carboxylic acids is 1. The predicted molar refractivity (Wildman–Crippen MR) is 94.1 cm³/mol. The van der Waals surface area contributed by atoms with Gasteiger partial charge in [0, 0.05) is 23.2 Å². The zero-order chi connectivity index (χ0) is 17.8. The van der Waals surface area contributed by atoms with Crippen molar-refractivity contribution in [2.24, 2.45) is 0 Å². The van der Waals surface area contributed by atoms with Gasteiger partial charge in [0.2, 0.25) is 0 Å². The van der Waals surface area contributed by atoms with Crippen LogP contribution in [-0.4, -0.2) is 40.0 Å². The molecule has 1 N–H and O–H groups in total. The molecular formula is C18H20N2O4S. The average Bonchev–Trinajstić information content (AvgIpc) is 3.06. The molecule has 1 atom stereocenters. The quantitative estimate of drug-likeness (QED) is 0.885. The fourth-order valence-corrected chi connectivity index (χ4v) is 3.93. The van der Waals surface area contributed by atoms with Crippen molar-refractivity contribution in [1.29, 1.82) is 0 Å². The van der Waals surface area contributed by atoms with E-state index in [2.05, 4.69) is 4.98 Å². The topological polar surface area (TPSA) is 79.7 Å². The Bertz CT molecular complexity index is 774. The van der Waals surface area contributed by atoms with Gasteiger partial charge in [0.05, 0.1) is 6.04 Å². The van der Waals surface area contributed by atoms with Gasteiger partial charge in [-0.15, -0.1) is 11.3 Å². The first kappa shape index (κ1) is 17.4. The first-order valence-electron chi connectivity index (χ1n) is 8.22. The number of carbonyl (C=O) groups excluding carboxylic acids is 1. The summed E-state index contributed by atoms with van der Waals surface area (Å²) in [7, 11) is 0. The number of nitrogens with zero attached hydrogens (tertiary/aromatic N) is 2. The van der Waals surface area contributed by atoms with E-state index in [9.17, 15) is 9.59 Å². The Morgan fingerprint density at radius 3 is 2.96 bits per heavy atom. The van der Waals surface area contributed by atoms with E-state index in [4.69, 9.17) is 9.84 Å². The number of aryl methyl sites for hydroxylation is 1. The maximum atomic E-state index is 13.0. The lowest BCUT2D eigenvalue weighted by atomic mass is 10.0. The van der Waals surface area contributed by atoms with Gasteiger partial charge in [-0.25, -0.2) is 9.78 Å². The van der Waals surface area contributed by atoms with Crippen molar-refractivity contribution in [2.45, 2.75) is 32.2 Å². The summed E-state index contributed by atoms with van der Waals surface area (Å²) in [5, 5.41) is 11.7. The first-order chi connectivity index (χ1) is 12.0. The highest BCUT2D eigenvalue weighted by Gasteiger charge is 2.30. The van der Waals surface area contributed by atoms with Crippen molar-refractivity contribution in [2.75, 3.05) is 13.2 Å². The molecule has 1 saturated heterocycles. The van der Waals surface area contributed by atoms with Crippen molar-refractivity contribution >= 4 is 23.2 Å². The highest BCUT2D eigenvalue weighted by atomic mass is 32.1. The standard InChI is InChI=1S/C18H20N2O4S/c1-12-11-25-17(19-12)15-7-2-3-8-20(15)18(23)13-5-4-6-14(9-13)24-10-16(21)22/h4-6,9,11,15H,2-3,7-8,10H2,1H3,(H,21,22). The molecule has 0 radical (unpaired) electrons. The lowest BCUT2D eigenvalue weighted by molar-refractivity contribution is -0.139. The molecule has 0 aliphatic carbocycles. The Morgan fingerprint density at radius 2 is 2.24 bits per heavy atom. The van der Waals surface area contributed by atoms with Crippen LogP contribution in [0.2, 0.25) is 0 Å². The number of hydrogen-bond acceptors (Lipinski definition) is 5. The van der Waals surface area contributed by atoms with E-state index in [1.54, 1.807) is 35.6 Å². The predicted octanol–water partition coefficient (Wildman–Crippen LogP) is 3.28. The number of benzene rings is 1. The van der Waals surface area contributed by atoms with Crippen molar-refractivity contribution in [3.05, 3.63) is 45.9 Å². The van der Waals surface area contributed by atoms with Crippen molar-refractivity contribution in [1.82, 2.24) is 9.88 Å². The van der Waals surface area contributed by atoms with Crippen LogP contribution < -0.4 is 4.74 Å². The SMILES string of the molecule is Cc1csc(C2CCCCN2C(=O)c2cccc(OCC(=O)O)c2)n1. The Morgan fingerprint density at radius 1 is 1.40 bits per heavy atom. The lowest BCUT2D eigenvalue weighted by Gasteiger charge is -2.34. The van der Waals surface area contributed by atoms with Crippen LogP contribution in [0.25, 0.3) is 0 Å². The van der Waals surface area contributed by atoms with Crippen LogP contribution >= 0.6 is 11.3 Å². The van der Waals surface area contributed by atoms with E-state index in [0.29, 0.717) is 17.9 Å². The smallest absolute Gasteiger partial charge is 0.341 e. The zero-order valence-electron chi connectivity index (χ0n) is 14.0. The maximum Gasteiger partial charge on any atom is 0.341 e. The second kappa shape index (κ2) is 7.65. The molecule has 1 unspecified atom stereocenters. The largest absolute Gasteiger partial charge is 0.482 e. The summed E-state index contributed by atoms with van der Waals surface area (Å²) in [6.07, 6.45) is 2.96. The van der Waals surface area contributed by atoms with Crippen molar-refractivity contribution in [3.8, 4) is 5.75 Å². The number of likely N-dealkylation sites (tertiary alicyclic amines) is 1. The highest BCUT2D eigenvalue weighted by Crippen LogP contribution is 2.34. The van der Waals surface area contributed by atoms with Gasteiger partial charge in [0.15, 0.2) is 6.61 Å². The summed E-state index contributed by atoms with van der Waals surface area (Å²) in [5.74, 6) is -0.739. The minimum atomic E-state index is -1.05. The highest BCUT2D eigenvalue weighted by molar-refractivity contribution is 7.09. The van der Waals surface area contributed by atoms with Gasteiger partial charge in [0.1, 0.15) is 10.8 Å². The molecule has 0 spiro atoms. The molecule has 1 aromatic carbocycles. The van der Waals surface area contributed by atoms with Gasteiger partial charge in [-0.05, 0) is 44.4 Å². The molecule has 3 rings (SSSR count). The lowest BCUT2D eigenvalue weighted by Crippen LogP contribution is -2.38. The van der Waals surface area contributed by atoms with E-state index in [1.165, 1.54) is 0 Å². The van der Waals surface area contributed by atoms with Crippen molar-refractivity contribution in [3.63, 3.8) is 0 Å². The van der Waals surface area contributed by atoms with Gasteiger partial charge in [-0.2, -0.15) is 0 Å². The van der Waals surface area contributed by atoms with Crippen LogP contribution in [0.1, 0.15) is 46.4 Å². The van der Waals surface area contributed by atoms with E-state index in [0.717, 1.165) is 30.0 Å². The Balaban J connectivity index is 1.80. The van der Waals surface area contributed by atoms with E-state index >= 15 is 0 Å². The molecule has 0 bridgehead atoms. The third-order valence-corrected chi connectivity index (χ3v) is 5.19. The molecule has 0 saturated carbocycles. The van der Waals surface area contributed by atoms with E-state index < -0.39 is 12.6 Å². The minimum Gasteiger partial charge on any atom is -0.482 e. The molecule has 2 aromatic rings. The summed E-state index contributed by atoms with van der Waals surface area (Å²) >= 11 is 1.59. The number of hydrogen-bond donors (Lipinski definition) is 1. The van der Waals surface area contributed by atoms with Crippen LogP contribution in [0.4, 0.5) is 0 Å². The van der Waals surface area contributed by atoms with Crippen molar-refractivity contribution < 1.29 is 19.4 Å². The molecule has 6 nitrogen and oxygen atoms in total. The molecule has 1 aliphatic heterocycles. The Labute approximate surface area is 150 Å². The van der Waals surface area contributed by atoms with Crippen LogP contribution in [0.5, 0.6) is 5.75 Å². The number of piperidine rings is 1. The molecule has 1 fully saturated rings. The molecular weight excluding hydrogens is 340 g/mol. The number of thiazole rings is 1. The van der Waals surface area contributed by atoms with Gasteiger partial charge >= 0.3 is 5.97 Å². The second-order valence-corrected chi connectivity index (χ2v) is 6.94. The summed E-state index contributed by atoms with van der Waals surface area (Å²) < 4.78 is 5.18. The number of carboxylic acid groups (broad SMARTS) is 1. The number of amides is 1. The van der Waals surface area contributed by atoms with Gasteiger partial charge in [-0.1, -0.05) is 6.07 Å². The van der Waals surface area contributed by atoms with Gasteiger partial charge < -0.3 is 14.7 Å². The minimum absolute atomic E-state index is 0.00328. The number of carboxylic acids is 1. The van der Waals surface area contributed by atoms with Crippen LogP contribution in [0, 0.1) is 6.92 Å². The molecule has 1 aliphatic rings. The summed E-state index contributed by atoms with van der Waals surface area (Å²) in [4.78, 5) is 30.1. The van der Waals surface area contributed by atoms with Crippen LogP contribution in [0.3, 0.4) is 0 Å². The first-order valence-corrected chi connectivity index (χ1v) is 9.10. The molecule has 25 heavy (non-hydrogen) atoms. The van der Waals surface area contributed by atoms with E-state index in [1.807, 2.05) is 17.2 Å². The number of rotatable bonds is 5. The Kier molecular flexibility index (Phi) is 5.33. The van der Waals surface area contributed by atoms with Gasteiger partial charge in [-0.3, -0.25) is 4.79 Å². The average molecular weight is 360 g/mol. The van der Waals surface area contributed by atoms with Crippen LogP contribution in [-0.2, 0) is 4.79 Å². The second-order valence-electron chi connectivity index (χ2n) is 6.05. The summed E-state index contributed by atoms with van der Waals surface area (Å²) in [6.45, 7) is 2.23. The third kappa shape index (κ3) is 4.17. The third-order valence-electron chi connectivity index (χ3n) is 4.13. The Hall–Kier alpha value is -2.41. The van der Waals surface area contributed by atoms with E-state index in [-0.39, 0.29) is 11.9 Å². The molecule has 7 heteroatoms. The monoisotopic (exact) mass is 360 g/mol. The zero-order valence-corrected chi connectivity index (χ0v) is 14.8. The fourth-order valence-electron chi connectivity index (χ4n) is 2.99. The van der Waals surface area contributed by atoms with Gasteiger partial charge in [0.25, 0.3) is 5.91 Å². The molecule has 1 aromatic heterocycles. The number of aromatic nitrogens is 1. The number of ether oxygens (including phenoxy) is 1. The normalized spacial score (nSPS) is 17.3. The summed E-state index contributed by atoms with van der Waals surface area (Å²) in [6, 6.07) is 6.69. The molecule has 1 amide bonds. The fraction of sp³-hybridized carbons (Fsp3) is 0.389. The van der Waals surface area contributed by atoms with Crippen LogP contribution in [0.15, 0.2) is 29.6 Å². The molecule has 2 heterocycles. The molecule has 132 valence electrons. The summed E-state index contributed by atoms with van der Waals surface area (Å²) in [5.41, 5.74) is 1.48. The number of carbonyl (C=O) groups is 2. The maximum absolute atomic E-state index is 13.0.